The Bertz CT molecular complexity index is 335. The Kier molecular flexibility index (Phi) is 3.79. The first-order chi connectivity index (χ1) is 7.00. The number of carbonyl (C=O) groups is 1. The number of hydrogen-bond donors (Lipinski definition) is 2. The normalized spacial score (nSPS) is 13.1. The van der Waals surface area contributed by atoms with Gasteiger partial charge in [-0.25, -0.2) is 0 Å². The van der Waals surface area contributed by atoms with Gasteiger partial charge in [0.05, 0.1) is 6.54 Å². The van der Waals surface area contributed by atoms with E-state index in [4.69, 9.17) is 9.63 Å². The molecule has 15 heavy (non-hydrogen) atoms. The van der Waals surface area contributed by atoms with Crippen LogP contribution in [0.2, 0.25) is 0 Å². The molecule has 1 heterocycles. The molecule has 2 N–H and O–H groups in total. The van der Waals surface area contributed by atoms with Crippen molar-refractivity contribution in [2.45, 2.75) is 39.3 Å². The van der Waals surface area contributed by atoms with E-state index in [1.54, 1.807) is 6.92 Å². The Morgan fingerprint density at radius 1 is 1.53 bits per heavy atom. The van der Waals surface area contributed by atoms with Crippen molar-refractivity contribution in [2.75, 3.05) is 0 Å². The molecule has 1 atom stereocenters. The van der Waals surface area contributed by atoms with Crippen LogP contribution in [0.4, 0.5) is 0 Å². The average Bonchev–Trinajstić information content (AvgIpc) is 2.62. The summed E-state index contributed by atoms with van der Waals surface area (Å²) in [5.74, 6) is 0.326. The van der Waals surface area contributed by atoms with E-state index in [2.05, 4.69) is 15.5 Å². The first-order valence-electron chi connectivity index (χ1n) is 4.79. The van der Waals surface area contributed by atoms with Crippen LogP contribution in [-0.4, -0.2) is 27.3 Å². The molecule has 1 aromatic heterocycles. The molecule has 0 aliphatic rings. The maximum Gasteiger partial charge on any atom is 0.320 e. The van der Waals surface area contributed by atoms with Crippen molar-refractivity contribution >= 4 is 5.97 Å². The quantitative estimate of drug-likeness (QED) is 0.750. The predicted molar refractivity (Wildman–Crippen MR) is 52.3 cm³/mol. The summed E-state index contributed by atoms with van der Waals surface area (Å²) in [6, 6.07) is -0.619. The van der Waals surface area contributed by atoms with E-state index < -0.39 is 12.0 Å². The first kappa shape index (κ1) is 11.6. The van der Waals surface area contributed by atoms with E-state index in [-0.39, 0.29) is 5.92 Å². The second-order valence-corrected chi connectivity index (χ2v) is 3.64. The number of nitrogens with zero attached hydrogens (tertiary/aromatic N) is 2. The number of aliphatic carboxylic acids is 1. The van der Waals surface area contributed by atoms with Crippen molar-refractivity contribution in [3.63, 3.8) is 0 Å². The summed E-state index contributed by atoms with van der Waals surface area (Å²) < 4.78 is 4.97. The maximum atomic E-state index is 10.5. The molecule has 0 aliphatic heterocycles. The lowest BCUT2D eigenvalue weighted by Crippen LogP contribution is -2.33. The Labute approximate surface area is 87.7 Å². The van der Waals surface area contributed by atoms with Crippen LogP contribution in [0.25, 0.3) is 0 Å². The molecule has 1 rings (SSSR count). The molecule has 0 fully saturated rings. The van der Waals surface area contributed by atoms with Crippen LogP contribution in [0.15, 0.2) is 4.52 Å². The third-order valence-electron chi connectivity index (χ3n) is 1.91. The minimum Gasteiger partial charge on any atom is -0.480 e. The van der Waals surface area contributed by atoms with E-state index in [0.29, 0.717) is 18.3 Å². The van der Waals surface area contributed by atoms with Crippen LogP contribution in [0.1, 0.15) is 38.4 Å². The lowest BCUT2D eigenvalue weighted by molar-refractivity contribution is -0.139. The topological polar surface area (TPSA) is 88.2 Å². The summed E-state index contributed by atoms with van der Waals surface area (Å²) in [5.41, 5.74) is 0. The maximum absolute atomic E-state index is 10.5. The molecule has 0 unspecified atom stereocenters. The molecule has 0 saturated heterocycles. The SMILES string of the molecule is CC(C)c1nc(CN[C@@H](C)C(=O)O)no1. The summed E-state index contributed by atoms with van der Waals surface area (Å²) in [6.45, 7) is 5.75. The van der Waals surface area contributed by atoms with Gasteiger partial charge < -0.3 is 9.63 Å². The van der Waals surface area contributed by atoms with Gasteiger partial charge in [-0.3, -0.25) is 10.1 Å². The Morgan fingerprint density at radius 3 is 2.67 bits per heavy atom. The summed E-state index contributed by atoms with van der Waals surface area (Å²) in [5, 5.41) is 15.1. The minimum absolute atomic E-state index is 0.183. The molecule has 0 radical (unpaired) electrons. The van der Waals surface area contributed by atoms with Crippen LogP contribution in [0.3, 0.4) is 0 Å². The molecule has 6 nitrogen and oxygen atoms in total. The summed E-state index contributed by atoms with van der Waals surface area (Å²) in [7, 11) is 0. The third kappa shape index (κ3) is 3.32. The Balaban J connectivity index is 2.47. The van der Waals surface area contributed by atoms with E-state index in [9.17, 15) is 4.79 Å². The van der Waals surface area contributed by atoms with Crippen molar-refractivity contribution in [1.29, 1.82) is 0 Å². The molecule has 0 amide bonds. The van der Waals surface area contributed by atoms with Crippen molar-refractivity contribution in [3.05, 3.63) is 11.7 Å². The molecule has 0 saturated carbocycles. The fourth-order valence-electron chi connectivity index (χ4n) is 0.905. The van der Waals surface area contributed by atoms with Gasteiger partial charge >= 0.3 is 5.97 Å². The lowest BCUT2D eigenvalue weighted by atomic mass is 10.2. The molecule has 0 bridgehead atoms. The zero-order valence-corrected chi connectivity index (χ0v) is 9.02. The summed E-state index contributed by atoms with van der Waals surface area (Å²) in [4.78, 5) is 14.6. The lowest BCUT2D eigenvalue weighted by Gasteiger charge is -2.05. The van der Waals surface area contributed by atoms with Crippen LogP contribution >= 0.6 is 0 Å². The molecular weight excluding hydrogens is 198 g/mol. The Morgan fingerprint density at radius 2 is 2.20 bits per heavy atom. The third-order valence-corrected chi connectivity index (χ3v) is 1.91. The molecule has 0 aliphatic carbocycles. The average molecular weight is 213 g/mol. The zero-order valence-electron chi connectivity index (χ0n) is 9.02. The zero-order chi connectivity index (χ0) is 11.4. The van der Waals surface area contributed by atoms with E-state index >= 15 is 0 Å². The highest BCUT2D eigenvalue weighted by atomic mass is 16.5. The highest BCUT2D eigenvalue weighted by Gasteiger charge is 2.13. The monoisotopic (exact) mass is 213 g/mol. The molecule has 0 spiro atoms. The van der Waals surface area contributed by atoms with E-state index in [1.165, 1.54) is 0 Å². The number of carboxylic acid groups (broad SMARTS) is 1. The van der Waals surface area contributed by atoms with E-state index in [1.807, 2.05) is 13.8 Å². The van der Waals surface area contributed by atoms with Crippen molar-refractivity contribution < 1.29 is 14.4 Å². The molecule has 1 aromatic rings. The second-order valence-electron chi connectivity index (χ2n) is 3.64. The van der Waals surface area contributed by atoms with Crippen molar-refractivity contribution in [3.8, 4) is 0 Å². The molecule has 0 aromatic carbocycles. The van der Waals surface area contributed by atoms with Crippen molar-refractivity contribution in [1.82, 2.24) is 15.5 Å². The van der Waals surface area contributed by atoms with Gasteiger partial charge in [0.2, 0.25) is 5.89 Å². The van der Waals surface area contributed by atoms with Crippen LogP contribution in [-0.2, 0) is 11.3 Å². The second kappa shape index (κ2) is 4.88. The number of hydrogen-bond acceptors (Lipinski definition) is 5. The summed E-state index contributed by atoms with van der Waals surface area (Å²) in [6.07, 6.45) is 0. The summed E-state index contributed by atoms with van der Waals surface area (Å²) >= 11 is 0. The smallest absolute Gasteiger partial charge is 0.320 e. The number of rotatable bonds is 5. The van der Waals surface area contributed by atoms with Gasteiger partial charge in [0, 0.05) is 5.92 Å². The highest BCUT2D eigenvalue weighted by molar-refractivity contribution is 5.72. The van der Waals surface area contributed by atoms with Crippen LogP contribution in [0, 0.1) is 0 Å². The van der Waals surface area contributed by atoms with Crippen molar-refractivity contribution in [2.24, 2.45) is 0 Å². The number of carboxylic acids is 1. The van der Waals surface area contributed by atoms with Gasteiger partial charge in [-0.1, -0.05) is 19.0 Å². The fourth-order valence-corrected chi connectivity index (χ4v) is 0.905. The highest BCUT2D eigenvalue weighted by Crippen LogP contribution is 2.10. The first-order valence-corrected chi connectivity index (χ1v) is 4.79. The number of aromatic nitrogens is 2. The fraction of sp³-hybridized carbons (Fsp3) is 0.667. The van der Waals surface area contributed by atoms with Gasteiger partial charge in [-0.15, -0.1) is 0 Å². The van der Waals surface area contributed by atoms with E-state index in [0.717, 1.165) is 0 Å². The van der Waals surface area contributed by atoms with Gasteiger partial charge in [0.25, 0.3) is 0 Å². The van der Waals surface area contributed by atoms with Gasteiger partial charge in [-0.2, -0.15) is 4.98 Å². The molecular formula is C9H15N3O3. The minimum atomic E-state index is -0.900. The van der Waals surface area contributed by atoms with Crippen LogP contribution in [0.5, 0.6) is 0 Å². The van der Waals surface area contributed by atoms with Gasteiger partial charge in [0.1, 0.15) is 6.04 Å². The van der Waals surface area contributed by atoms with Gasteiger partial charge in [0.15, 0.2) is 5.82 Å². The van der Waals surface area contributed by atoms with Gasteiger partial charge in [-0.05, 0) is 6.92 Å². The molecule has 6 heteroatoms. The van der Waals surface area contributed by atoms with Crippen LogP contribution < -0.4 is 5.32 Å². The standard InChI is InChI=1S/C9H15N3O3/c1-5(2)8-11-7(12-15-8)4-10-6(3)9(13)14/h5-6,10H,4H2,1-3H3,(H,13,14)/t6-/m0/s1. The Hall–Kier alpha value is -1.43. The largest absolute Gasteiger partial charge is 0.480 e. The molecule has 84 valence electrons. The number of nitrogens with one attached hydrogen (secondary N) is 1. The predicted octanol–water partition coefficient (Wildman–Crippen LogP) is 0.756.